The molecule has 52 heavy (non-hydrogen) atoms. The first-order valence-electron chi connectivity index (χ1n) is 18.7. The Hall–Kier alpha value is -5.92. The average molecular weight is 665 g/mol. The highest BCUT2D eigenvalue weighted by Crippen LogP contribution is 2.37. The summed E-state index contributed by atoms with van der Waals surface area (Å²) in [6.45, 7) is 4.68. The van der Waals surface area contributed by atoms with Gasteiger partial charge in [0.1, 0.15) is 0 Å². The summed E-state index contributed by atoms with van der Waals surface area (Å²) in [4.78, 5) is 0. The molecule has 0 unspecified atom stereocenters. The van der Waals surface area contributed by atoms with Crippen LogP contribution in [0, 0.1) is 13.8 Å². The van der Waals surface area contributed by atoms with Crippen LogP contribution in [-0.4, -0.2) is 6.71 Å². The summed E-state index contributed by atoms with van der Waals surface area (Å²) >= 11 is 0. The molecule has 0 nitrogen and oxygen atoms in total. The van der Waals surface area contributed by atoms with E-state index in [0.29, 0.717) is 0 Å². The first kappa shape index (κ1) is 32.0. The summed E-state index contributed by atoms with van der Waals surface area (Å²) in [6.07, 6.45) is 17.1. The van der Waals surface area contributed by atoms with Gasteiger partial charge in [-0.3, -0.25) is 0 Å². The third-order valence-corrected chi connectivity index (χ3v) is 11.2. The number of allylic oxidation sites excluding steroid dienone is 3. The van der Waals surface area contributed by atoms with Crippen LogP contribution in [0.15, 0.2) is 158 Å². The minimum absolute atomic E-state index is 0.0835. The van der Waals surface area contributed by atoms with Crippen LogP contribution in [0.1, 0.15) is 46.2 Å². The quantitative estimate of drug-likeness (QED) is 0.155. The molecule has 0 fully saturated rings. The van der Waals surface area contributed by atoms with Gasteiger partial charge in [-0.15, -0.1) is 0 Å². The van der Waals surface area contributed by atoms with E-state index in [2.05, 4.69) is 190 Å². The molecule has 9 rings (SSSR count). The van der Waals surface area contributed by atoms with E-state index in [4.69, 9.17) is 0 Å². The van der Waals surface area contributed by atoms with Gasteiger partial charge in [0.2, 0.25) is 6.71 Å². The largest absolute Gasteiger partial charge is 0.243 e. The van der Waals surface area contributed by atoms with Crippen LogP contribution in [0.2, 0.25) is 0 Å². The maximum atomic E-state index is 2.48. The maximum absolute atomic E-state index is 2.48. The number of benzene rings is 7. The fourth-order valence-corrected chi connectivity index (χ4v) is 8.60. The number of aryl methyl sites for hydroxylation is 3. The Balaban J connectivity index is 1.22. The SMILES string of the molecule is Cc1ccc2c(c1B(c1cccc(-c3ccc(-c4ccc(-c5ccccc5)cc4)c4c3C=CCC=C4)c1)c1c(C)ccc3ccccc13)C=CCC2. The molecule has 0 saturated heterocycles. The fourth-order valence-electron chi connectivity index (χ4n) is 8.60. The zero-order valence-corrected chi connectivity index (χ0v) is 29.9. The minimum atomic E-state index is 0.0835. The second-order valence-electron chi connectivity index (χ2n) is 14.4. The summed E-state index contributed by atoms with van der Waals surface area (Å²) in [6, 6.07) is 52.0. The molecule has 2 aliphatic rings. The second-order valence-corrected chi connectivity index (χ2v) is 14.4. The van der Waals surface area contributed by atoms with Gasteiger partial charge in [-0.1, -0.05) is 203 Å². The van der Waals surface area contributed by atoms with E-state index in [-0.39, 0.29) is 6.71 Å². The zero-order valence-electron chi connectivity index (χ0n) is 29.9. The predicted molar refractivity (Wildman–Crippen MR) is 227 cm³/mol. The number of fused-ring (bicyclic) bond motifs is 3. The van der Waals surface area contributed by atoms with Crippen molar-refractivity contribution in [2.75, 3.05) is 0 Å². The molecule has 0 aromatic heterocycles. The van der Waals surface area contributed by atoms with E-state index in [1.807, 2.05) is 0 Å². The molecule has 2 aliphatic carbocycles. The molecule has 0 radical (unpaired) electrons. The summed E-state index contributed by atoms with van der Waals surface area (Å²) in [7, 11) is 0. The highest BCUT2D eigenvalue weighted by Gasteiger charge is 2.30. The lowest BCUT2D eigenvalue weighted by Crippen LogP contribution is -2.55. The van der Waals surface area contributed by atoms with E-state index in [1.54, 1.807) is 0 Å². The van der Waals surface area contributed by atoms with Crippen molar-refractivity contribution in [1.29, 1.82) is 0 Å². The van der Waals surface area contributed by atoms with Gasteiger partial charge in [0, 0.05) is 0 Å². The lowest BCUT2D eigenvalue weighted by molar-refractivity contribution is 0.987. The number of hydrogen-bond acceptors (Lipinski definition) is 0. The molecular formula is C51H41B. The van der Waals surface area contributed by atoms with Gasteiger partial charge < -0.3 is 0 Å². The topological polar surface area (TPSA) is 0 Å². The molecular weight excluding hydrogens is 623 g/mol. The molecule has 7 aromatic carbocycles. The van der Waals surface area contributed by atoms with Crippen LogP contribution in [0.5, 0.6) is 0 Å². The minimum Gasteiger partial charge on any atom is -0.0836 e. The van der Waals surface area contributed by atoms with Crippen molar-refractivity contribution in [3.8, 4) is 33.4 Å². The van der Waals surface area contributed by atoms with E-state index >= 15 is 0 Å². The van der Waals surface area contributed by atoms with Gasteiger partial charge >= 0.3 is 0 Å². The average Bonchev–Trinajstić information content (AvgIpc) is 3.46. The molecule has 1 heteroatoms. The lowest BCUT2D eigenvalue weighted by Gasteiger charge is -2.26. The first-order chi connectivity index (χ1) is 25.6. The summed E-state index contributed by atoms with van der Waals surface area (Å²) in [5.41, 5.74) is 19.8. The second kappa shape index (κ2) is 13.7. The van der Waals surface area contributed by atoms with Crippen LogP contribution in [-0.2, 0) is 6.42 Å². The summed E-state index contributed by atoms with van der Waals surface area (Å²) in [5.74, 6) is 0. The van der Waals surface area contributed by atoms with E-state index in [9.17, 15) is 0 Å². The molecule has 0 aliphatic heterocycles. The summed E-state index contributed by atoms with van der Waals surface area (Å²) in [5, 5.41) is 2.62. The molecule has 248 valence electrons. The monoisotopic (exact) mass is 664 g/mol. The maximum Gasteiger partial charge on any atom is 0.243 e. The Kier molecular flexibility index (Phi) is 8.41. The zero-order chi connectivity index (χ0) is 35.0. The van der Waals surface area contributed by atoms with Crippen LogP contribution in [0.4, 0.5) is 0 Å². The van der Waals surface area contributed by atoms with Crippen molar-refractivity contribution in [2.45, 2.75) is 33.1 Å². The van der Waals surface area contributed by atoms with Crippen LogP contribution < -0.4 is 16.4 Å². The normalized spacial score (nSPS) is 13.1. The molecule has 0 atom stereocenters. The van der Waals surface area contributed by atoms with Crippen molar-refractivity contribution in [3.63, 3.8) is 0 Å². The Morgan fingerprint density at radius 1 is 0.462 bits per heavy atom. The first-order valence-corrected chi connectivity index (χ1v) is 18.7. The molecule has 7 aromatic rings. The van der Waals surface area contributed by atoms with Crippen LogP contribution in [0.3, 0.4) is 0 Å². The standard InChI is InChI=1S/C51H41B/c1-35-24-26-39-16-9-11-20-46(39)50(35)52(51-36(2)25-27-40-17-10-12-21-47(40)51)43-19-13-18-42(34-43)45-33-32-44(48-22-7-4-8-23-49(45)48)41-30-28-38(29-31-41)37-14-5-3-6-15-37/h3,5-9,11-16,18-34H,4,10,17H2,1-2H3. The third kappa shape index (κ3) is 5.77. The Bertz CT molecular complexity index is 2550. The van der Waals surface area contributed by atoms with Gasteiger partial charge in [-0.25, -0.2) is 0 Å². The van der Waals surface area contributed by atoms with Gasteiger partial charge in [0.25, 0.3) is 0 Å². The molecule has 0 spiro atoms. The van der Waals surface area contributed by atoms with Crippen molar-refractivity contribution in [1.82, 2.24) is 0 Å². The number of rotatable bonds is 6. The Morgan fingerprint density at radius 2 is 1.10 bits per heavy atom. The van der Waals surface area contributed by atoms with Gasteiger partial charge in [0.05, 0.1) is 0 Å². The molecule has 0 heterocycles. The molecule has 0 bridgehead atoms. The third-order valence-electron chi connectivity index (χ3n) is 11.2. The van der Waals surface area contributed by atoms with Crippen molar-refractivity contribution in [2.24, 2.45) is 0 Å². The van der Waals surface area contributed by atoms with E-state index < -0.39 is 0 Å². The molecule has 0 saturated carbocycles. The van der Waals surface area contributed by atoms with Crippen molar-refractivity contribution in [3.05, 3.63) is 191 Å². The van der Waals surface area contributed by atoms with Crippen LogP contribution >= 0.6 is 0 Å². The van der Waals surface area contributed by atoms with Gasteiger partial charge in [-0.05, 0) is 99.5 Å². The fraction of sp³-hybridized carbons (Fsp3) is 0.0980. The molecule has 0 amide bonds. The van der Waals surface area contributed by atoms with Crippen molar-refractivity contribution >= 4 is 52.1 Å². The smallest absolute Gasteiger partial charge is 0.0836 e. The van der Waals surface area contributed by atoms with Crippen LogP contribution in [0.25, 0.3) is 62.4 Å². The van der Waals surface area contributed by atoms with E-state index in [1.165, 1.54) is 93.9 Å². The number of hydrogen-bond donors (Lipinski definition) is 0. The molecule has 0 N–H and O–H groups in total. The summed E-state index contributed by atoms with van der Waals surface area (Å²) < 4.78 is 0. The highest BCUT2D eigenvalue weighted by molar-refractivity contribution is 6.97. The Morgan fingerprint density at radius 3 is 1.90 bits per heavy atom. The predicted octanol–water partition coefficient (Wildman–Crippen LogP) is 11.4. The highest BCUT2D eigenvalue weighted by atomic mass is 14.2. The van der Waals surface area contributed by atoms with Gasteiger partial charge in [-0.2, -0.15) is 0 Å². The lowest BCUT2D eigenvalue weighted by atomic mass is 9.34. The van der Waals surface area contributed by atoms with Gasteiger partial charge in [0.15, 0.2) is 0 Å². The van der Waals surface area contributed by atoms with Crippen molar-refractivity contribution < 1.29 is 0 Å². The van der Waals surface area contributed by atoms with E-state index in [0.717, 1.165) is 19.3 Å². The Labute approximate surface area is 308 Å².